The van der Waals surface area contributed by atoms with Crippen molar-refractivity contribution in [3.8, 4) is 16.9 Å². The number of hydrogen-bond acceptors (Lipinski definition) is 4. The topological polar surface area (TPSA) is 51.5 Å². The van der Waals surface area contributed by atoms with Crippen LogP contribution in [0.5, 0.6) is 5.75 Å². The van der Waals surface area contributed by atoms with E-state index in [-0.39, 0.29) is 11.7 Å². The van der Waals surface area contributed by atoms with Gasteiger partial charge in [-0.15, -0.1) is 23.4 Å². The van der Waals surface area contributed by atoms with Crippen molar-refractivity contribution in [1.29, 1.82) is 0 Å². The van der Waals surface area contributed by atoms with Crippen LogP contribution >= 0.6 is 0 Å². The largest absolute Gasteiger partial charge is 0.573 e. The van der Waals surface area contributed by atoms with Gasteiger partial charge in [0.2, 0.25) is 0 Å². The number of benzene rings is 2. The van der Waals surface area contributed by atoms with E-state index in [2.05, 4.69) is 20.3 Å². The number of anilines is 2. The predicted molar refractivity (Wildman–Crippen MR) is 109 cm³/mol. The molecule has 0 saturated heterocycles. The molecule has 5 nitrogen and oxygen atoms in total. The number of nitrogens with zero attached hydrogens (tertiary/aromatic N) is 3. The van der Waals surface area contributed by atoms with Gasteiger partial charge in [-0.3, -0.25) is 4.40 Å². The molecule has 0 unspecified atom stereocenters. The van der Waals surface area contributed by atoms with Crippen LogP contribution in [0.15, 0.2) is 66.9 Å². The molecule has 0 atom stereocenters. The lowest BCUT2D eigenvalue weighted by Crippen LogP contribution is -2.16. The maximum atomic E-state index is 12.4. The lowest BCUT2D eigenvalue weighted by Gasteiger charge is -2.13. The molecule has 4 rings (SSSR count). The molecule has 8 heteroatoms. The number of hydrogen-bond donors (Lipinski definition) is 1. The molecular formula is C22H19F3N4O. The summed E-state index contributed by atoms with van der Waals surface area (Å²) in [4.78, 5) is 0. The van der Waals surface area contributed by atoms with Gasteiger partial charge in [-0.05, 0) is 35.9 Å². The third-order valence-corrected chi connectivity index (χ3v) is 4.52. The van der Waals surface area contributed by atoms with E-state index in [1.54, 1.807) is 12.1 Å². The van der Waals surface area contributed by atoms with E-state index in [0.29, 0.717) is 5.65 Å². The highest BCUT2D eigenvalue weighted by Crippen LogP contribution is 2.31. The SMILES string of the molecule is CC(C)c1nnc2c(Nc3ccccc3)cc(-c3ccc(OC(F)(F)F)cc3)cn12. The smallest absolute Gasteiger partial charge is 0.406 e. The van der Waals surface area contributed by atoms with Crippen LogP contribution in [0.1, 0.15) is 25.6 Å². The zero-order valence-electron chi connectivity index (χ0n) is 16.3. The minimum atomic E-state index is -4.72. The van der Waals surface area contributed by atoms with Crippen LogP contribution < -0.4 is 10.1 Å². The molecule has 0 amide bonds. The van der Waals surface area contributed by atoms with Gasteiger partial charge in [0, 0.05) is 23.4 Å². The third kappa shape index (κ3) is 4.22. The molecular weight excluding hydrogens is 393 g/mol. The van der Waals surface area contributed by atoms with Crippen LogP contribution in [-0.4, -0.2) is 21.0 Å². The second-order valence-electron chi connectivity index (χ2n) is 7.11. The van der Waals surface area contributed by atoms with E-state index in [4.69, 9.17) is 0 Å². The molecule has 0 spiro atoms. The molecule has 154 valence electrons. The number of fused-ring (bicyclic) bond motifs is 1. The molecule has 2 heterocycles. The summed E-state index contributed by atoms with van der Waals surface area (Å²) in [5, 5.41) is 12.0. The van der Waals surface area contributed by atoms with Crippen molar-refractivity contribution in [2.24, 2.45) is 0 Å². The third-order valence-electron chi connectivity index (χ3n) is 4.52. The number of ether oxygens (including phenoxy) is 1. The number of pyridine rings is 1. The molecule has 4 aromatic rings. The average molecular weight is 412 g/mol. The summed E-state index contributed by atoms with van der Waals surface area (Å²) in [7, 11) is 0. The fraction of sp³-hybridized carbons (Fsp3) is 0.182. The Hall–Kier alpha value is -3.55. The van der Waals surface area contributed by atoms with E-state index in [1.165, 1.54) is 12.1 Å². The minimum Gasteiger partial charge on any atom is -0.406 e. The second kappa shape index (κ2) is 7.70. The summed E-state index contributed by atoms with van der Waals surface area (Å²) in [6, 6.07) is 17.3. The van der Waals surface area contributed by atoms with Crippen LogP contribution in [0, 0.1) is 0 Å². The van der Waals surface area contributed by atoms with Gasteiger partial charge in [-0.2, -0.15) is 0 Å². The van der Waals surface area contributed by atoms with Gasteiger partial charge >= 0.3 is 6.36 Å². The Balaban J connectivity index is 1.78. The first-order valence-corrected chi connectivity index (χ1v) is 9.37. The molecule has 2 aromatic heterocycles. The molecule has 0 aliphatic rings. The van der Waals surface area contributed by atoms with Crippen molar-refractivity contribution in [2.75, 3.05) is 5.32 Å². The zero-order valence-corrected chi connectivity index (χ0v) is 16.3. The van der Waals surface area contributed by atoms with Crippen LogP contribution in [0.3, 0.4) is 0 Å². The normalized spacial score (nSPS) is 11.8. The highest BCUT2D eigenvalue weighted by atomic mass is 19.4. The standard InChI is InChI=1S/C22H19F3N4O/c1-14(2)20-27-28-21-19(26-17-6-4-3-5-7-17)12-16(13-29(20)21)15-8-10-18(11-9-15)30-22(23,24)25/h3-14,26H,1-2H3. The molecule has 1 N–H and O–H groups in total. The van der Waals surface area contributed by atoms with Crippen molar-refractivity contribution >= 4 is 17.0 Å². The van der Waals surface area contributed by atoms with Crippen molar-refractivity contribution in [3.63, 3.8) is 0 Å². The number of alkyl halides is 3. The summed E-state index contributed by atoms with van der Waals surface area (Å²) in [6.45, 7) is 4.05. The van der Waals surface area contributed by atoms with Crippen molar-refractivity contribution < 1.29 is 17.9 Å². The number of rotatable bonds is 5. The van der Waals surface area contributed by atoms with E-state index in [9.17, 15) is 13.2 Å². The summed E-state index contributed by atoms with van der Waals surface area (Å²) < 4.78 is 43.2. The Morgan fingerprint density at radius 3 is 2.27 bits per heavy atom. The fourth-order valence-electron chi connectivity index (χ4n) is 3.18. The van der Waals surface area contributed by atoms with Crippen LogP contribution in [0.25, 0.3) is 16.8 Å². The van der Waals surface area contributed by atoms with Crippen molar-refractivity contribution in [3.05, 3.63) is 72.7 Å². The first-order chi connectivity index (χ1) is 14.3. The predicted octanol–water partition coefficient (Wildman–Crippen LogP) is 6.16. The summed E-state index contributed by atoms with van der Waals surface area (Å²) >= 11 is 0. The molecule has 0 saturated carbocycles. The summed E-state index contributed by atoms with van der Waals surface area (Å²) in [6.07, 6.45) is -2.83. The van der Waals surface area contributed by atoms with Crippen molar-refractivity contribution in [1.82, 2.24) is 14.6 Å². The Morgan fingerprint density at radius 2 is 1.63 bits per heavy atom. The molecule has 30 heavy (non-hydrogen) atoms. The second-order valence-corrected chi connectivity index (χ2v) is 7.11. The maximum Gasteiger partial charge on any atom is 0.573 e. The zero-order chi connectivity index (χ0) is 21.3. The lowest BCUT2D eigenvalue weighted by atomic mass is 10.1. The van der Waals surface area contributed by atoms with Gasteiger partial charge in [0.15, 0.2) is 5.65 Å². The Labute approximate surface area is 171 Å². The summed E-state index contributed by atoms with van der Waals surface area (Å²) in [5.41, 5.74) is 3.85. The van der Waals surface area contributed by atoms with Crippen LogP contribution in [0.4, 0.5) is 24.5 Å². The lowest BCUT2D eigenvalue weighted by molar-refractivity contribution is -0.274. The number of para-hydroxylation sites is 1. The Morgan fingerprint density at radius 1 is 0.933 bits per heavy atom. The highest BCUT2D eigenvalue weighted by Gasteiger charge is 2.31. The van der Waals surface area contributed by atoms with Gasteiger partial charge in [-0.25, -0.2) is 0 Å². The maximum absolute atomic E-state index is 12.4. The van der Waals surface area contributed by atoms with Crippen LogP contribution in [0.2, 0.25) is 0 Å². The first-order valence-electron chi connectivity index (χ1n) is 9.37. The minimum absolute atomic E-state index is 0.141. The average Bonchev–Trinajstić information content (AvgIpc) is 3.13. The van der Waals surface area contributed by atoms with E-state index < -0.39 is 6.36 Å². The van der Waals surface area contributed by atoms with Gasteiger partial charge in [0.25, 0.3) is 0 Å². The van der Waals surface area contributed by atoms with Gasteiger partial charge < -0.3 is 10.1 Å². The molecule has 2 aromatic carbocycles. The molecule has 0 aliphatic carbocycles. The number of nitrogens with one attached hydrogen (secondary N) is 1. The number of halogens is 3. The van der Waals surface area contributed by atoms with Gasteiger partial charge in [0.05, 0.1) is 5.69 Å². The number of aromatic nitrogens is 3. The van der Waals surface area contributed by atoms with E-state index >= 15 is 0 Å². The van der Waals surface area contributed by atoms with E-state index in [0.717, 1.165) is 28.3 Å². The van der Waals surface area contributed by atoms with Crippen LogP contribution in [-0.2, 0) is 0 Å². The van der Waals surface area contributed by atoms with E-state index in [1.807, 2.05) is 60.8 Å². The molecule has 0 aliphatic heterocycles. The summed E-state index contributed by atoms with van der Waals surface area (Å²) in [5.74, 6) is 0.671. The van der Waals surface area contributed by atoms with Crippen molar-refractivity contribution in [2.45, 2.75) is 26.1 Å². The van der Waals surface area contributed by atoms with Gasteiger partial charge in [-0.1, -0.05) is 44.2 Å². The first kappa shape index (κ1) is 19.8. The molecule has 0 radical (unpaired) electrons. The Bertz CT molecular complexity index is 1150. The molecule has 0 fully saturated rings. The highest BCUT2D eigenvalue weighted by molar-refractivity contribution is 5.79. The molecule has 0 bridgehead atoms. The quantitative estimate of drug-likeness (QED) is 0.426. The Kier molecular flexibility index (Phi) is 5.07. The fourth-order valence-corrected chi connectivity index (χ4v) is 3.18. The van der Waals surface area contributed by atoms with Gasteiger partial charge in [0.1, 0.15) is 11.6 Å². The monoisotopic (exact) mass is 412 g/mol.